The molecular formula is C12H17N5. The fourth-order valence-corrected chi connectivity index (χ4v) is 2.80. The van der Waals surface area contributed by atoms with E-state index < -0.39 is 0 Å². The SMILES string of the molecule is C[C@@H]1CCC[C@H](C)N1c1ncnc2[nH]ncc12. The maximum atomic E-state index is 4.46. The van der Waals surface area contributed by atoms with E-state index in [0.717, 1.165) is 16.9 Å². The average Bonchev–Trinajstić information content (AvgIpc) is 2.77. The second kappa shape index (κ2) is 3.98. The number of nitrogens with one attached hydrogen (secondary N) is 1. The number of aromatic nitrogens is 4. The third-order valence-corrected chi connectivity index (χ3v) is 3.67. The molecule has 0 bridgehead atoms. The van der Waals surface area contributed by atoms with Gasteiger partial charge >= 0.3 is 0 Å². The fourth-order valence-electron chi connectivity index (χ4n) is 2.80. The molecule has 0 unspecified atom stereocenters. The molecule has 1 aliphatic rings. The molecule has 5 heteroatoms. The second-order valence-electron chi connectivity index (χ2n) is 4.87. The van der Waals surface area contributed by atoms with Crippen molar-refractivity contribution in [2.24, 2.45) is 0 Å². The first-order valence-corrected chi connectivity index (χ1v) is 6.20. The summed E-state index contributed by atoms with van der Waals surface area (Å²) in [6, 6.07) is 1.07. The van der Waals surface area contributed by atoms with E-state index >= 15 is 0 Å². The first kappa shape index (κ1) is 10.5. The number of hydrogen-bond donors (Lipinski definition) is 1. The summed E-state index contributed by atoms with van der Waals surface area (Å²) in [4.78, 5) is 11.1. The third kappa shape index (κ3) is 1.66. The molecular weight excluding hydrogens is 214 g/mol. The largest absolute Gasteiger partial charge is 0.350 e. The summed E-state index contributed by atoms with van der Waals surface area (Å²) in [5, 5.41) is 7.98. The van der Waals surface area contributed by atoms with Gasteiger partial charge in [0.1, 0.15) is 12.1 Å². The maximum Gasteiger partial charge on any atom is 0.160 e. The molecule has 1 saturated heterocycles. The summed E-state index contributed by atoms with van der Waals surface area (Å²) in [6.07, 6.45) is 7.20. The third-order valence-electron chi connectivity index (χ3n) is 3.67. The molecule has 0 aliphatic carbocycles. The lowest BCUT2D eigenvalue weighted by atomic mass is 9.97. The van der Waals surface area contributed by atoms with Gasteiger partial charge in [-0.3, -0.25) is 5.10 Å². The summed E-state index contributed by atoms with van der Waals surface area (Å²) in [7, 11) is 0. The predicted molar refractivity (Wildman–Crippen MR) is 66.9 cm³/mol. The maximum absolute atomic E-state index is 4.46. The van der Waals surface area contributed by atoms with Crippen LogP contribution in [0.3, 0.4) is 0 Å². The highest BCUT2D eigenvalue weighted by Crippen LogP contribution is 2.31. The first-order chi connectivity index (χ1) is 8.27. The van der Waals surface area contributed by atoms with Gasteiger partial charge in [-0.1, -0.05) is 0 Å². The van der Waals surface area contributed by atoms with Crippen molar-refractivity contribution in [3.8, 4) is 0 Å². The zero-order chi connectivity index (χ0) is 11.8. The van der Waals surface area contributed by atoms with Gasteiger partial charge in [0.2, 0.25) is 0 Å². The molecule has 1 aliphatic heterocycles. The molecule has 3 rings (SSSR count). The van der Waals surface area contributed by atoms with Crippen LogP contribution in [0.15, 0.2) is 12.5 Å². The number of nitrogens with zero attached hydrogens (tertiary/aromatic N) is 4. The number of hydrogen-bond acceptors (Lipinski definition) is 4. The molecule has 17 heavy (non-hydrogen) atoms. The van der Waals surface area contributed by atoms with Gasteiger partial charge < -0.3 is 4.90 Å². The summed E-state index contributed by atoms with van der Waals surface area (Å²) >= 11 is 0. The average molecular weight is 231 g/mol. The van der Waals surface area contributed by atoms with Gasteiger partial charge in [-0.15, -0.1) is 0 Å². The Hall–Kier alpha value is -1.65. The zero-order valence-electron chi connectivity index (χ0n) is 10.2. The predicted octanol–water partition coefficient (Wildman–Crippen LogP) is 2.12. The Labute approximate surface area is 100 Å². The summed E-state index contributed by atoms with van der Waals surface area (Å²) in [6.45, 7) is 4.54. The lowest BCUT2D eigenvalue weighted by Gasteiger charge is -2.40. The molecule has 2 aromatic rings. The van der Waals surface area contributed by atoms with Crippen LogP contribution < -0.4 is 4.90 Å². The van der Waals surface area contributed by atoms with Crippen molar-refractivity contribution in [3.63, 3.8) is 0 Å². The van der Waals surface area contributed by atoms with Crippen molar-refractivity contribution in [2.75, 3.05) is 4.90 Å². The van der Waals surface area contributed by atoms with Crippen LogP contribution in [0.5, 0.6) is 0 Å². The molecule has 1 N–H and O–H groups in total. The molecule has 0 saturated carbocycles. The number of H-pyrrole nitrogens is 1. The minimum atomic E-state index is 0.534. The van der Waals surface area contributed by atoms with Crippen molar-refractivity contribution in [3.05, 3.63) is 12.5 Å². The van der Waals surface area contributed by atoms with Crippen LogP contribution in [0.4, 0.5) is 5.82 Å². The van der Waals surface area contributed by atoms with Gasteiger partial charge in [0.05, 0.1) is 11.6 Å². The lowest BCUT2D eigenvalue weighted by Crippen LogP contribution is -2.44. The van der Waals surface area contributed by atoms with Gasteiger partial charge in [-0.2, -0.15) is 5.10 Å². The number of anilines is 1. The molecule has 2 atom stereocenters. The highest BCUT2D eigenvalue weighted by Gasteiger charge is 2.27. The minimum Gasteiger partial charge on any atom is -0.350 e. The highest BCUT2D eigenvalue weighted by atomic mass is 15.3. The first-order valence-electron chi connectivity index (χ1n) is 6.20. The Morgan fingerprint density at radius 1 is 1.24 bits per heavy atom. The molecule has 0 spiro atoms. The smallest absolute Gasteiger partial charge is 0.160 e. The second-order valence-corrected chi connectivity index (χ2v) is 4.87. The van der Waals surface area contributed by atoms with Crippen LogP contribution >= 0.6 is 0 Å². The van der Waals surface area contributed by atoms with E-state index in [2.05, 4.69) is 38.9 Å². The molecule has 2 aromatic heterocycles. The van der Waals surface area contributed by atoms with Gasteiger partial charge in [0.15, 0.2) is 5.65 Å². The van der Waals surface area contributed by atoms with Crippen LogP contribution in [0.25, 0.3) is 11.0 Å². The van der Waals surface area contributed by atoms with Crippen molar-refractivity contribution >= 4 is 16.9 Å². The van der Waals surface area contributed by atoms with E-state index in [9.17, 15) is 0 Å². The standard InChI is InChI=1S/C12H17N5/c1-8-4-3-5-9(2)17(8)12-10-6-15-16-11(10)13-7-14-12/h6-9H,3-5H2,1-2H3,(H,13,14,15,16)/t8-,9+. The van der Waals surface area contributed by atoms with Crippen LogP contribution in [0.1, 0.15) is 33.1 Å². The van der Waals surface area contributed by atoms with E-state index in [1.165, 1.54) is 19.3 Å². The molecule has 0 aromatic carbocycles. The van der Waals surface area contributed by atoms with Gasteiger partial charge in [0, 0.05) is 12.1 Å². The van der Waals surface area contributed by atoms with Crippen molar-refractivity contribution in [1.29, 1.82) is 0 Å². The van der Waals surface area contributed by atoms with Crippen molar-refractivity contribution in [1.82, 2.24) is 20.2 Å². The van der Waals surface area contributed by atoms with Gasteiger partial charge in [-0.05, 0) is 33.1 Å². The van der Waals surface area contributed by atoms with Crippen LogP contribution in [0, 0.1) is 0 Å². The molecule has 90 valence electrons. The van der Waals surface area contributed by atoms with Gasteiger partial charge in [0.25, 0.3) is 0 Å². The number of piperidine rings is 1. The van der Waals surface area contributed by atoms with E-state index in [4.69, 9.17) is 0 Å². The fraction of sp³-hybridized carbons (Fsp3) is 0.583. The van der Waals surface area contributed by atoms with Crippen molar-refractivity contribution < 1.29 is 0 Å². The topological polar surface area (TPSA) is 57.7 Å². The van der Waals surface area contributed by atoms with Crippen LogP contribution in [-0.4, -0.2) is 32.2 Å². The number of fused-ring (bicyclic) bond motifs is 1. The Balaban J connectivity index is 2.10. The molecule has 5 nitrogen and oxygen atoms in total. The summed E-state index contributed by atoms with van der Waals surface area (Å²) in [5.74, 6) is 1.02. The van der Waals surface area contributed by atoms with E-state index in [1.54, 1.807) is 6.33 Å². The Morgan fingerprint density at radius 2 is 2.00 bits per heavy atom. The van der Waals surface area contributed by atoms with E-state index in [-0.39, 0.29) is 0 Å². The number of rotatable bonds is 1. The van der Waals surface area contributed by atoms with E-state index in [1.807, 2.05) is 6.20 Å². The minimum absolute atomic E-state index is 0.534. The molecule has 0 amide bonds. The summed E-state index contributed by atoms with van der Waals surface area (Å²) in [5.41, 5.74) is 0.819. The van der Waals surface area contributed by atoms with Crippen LogP contribution in [0.2, 0.25) is 0 Å². The Bertz CT molecular complexity index is 510. The Morgan fingerprint density at radius 3 is 2.76 bits per heavy atom. The molecule has 3 heterocycles. The normalized spacial score (nSPS) is 25.4. The molecule has 0 radical (unpaired) electrons. The highest BCUT2D eigenvalue weighted by molar-refractivity contribution is 5.86. The molecule has 1 fully saturated rings. The van der Waals surface area contributed by atoms with Crippen molar-refractivity contribution in [2.45, 2.75) is 45.2 Å². The Kier molecular flexibility index (Phi) is 2.46. The quantitative estimate of drug-likeness (QED) is 0.816. The zero-order valence-corrected chi connectivity index (χ0v) is 10.2. The summed E-state index contributed by atoms with van der Waals surface area (Å²) < 4.78 is 0. The van der Waals surface area contributed by atoms with E-state index in [0.29, 0.717) is 12.1 Å². The lowest BCUT2D eigenvalue weighted by molar-refractivity contribution is 0.412. The number of aromatic amines is 1. The monoisotopic (exact) mass is 231 g/mol. The van der Waals surface area contributed by atoms with Gasteiger partial charge in [-0.25, -0.2) is 9.97 Å². The van der Waals surface area contributed by atoms with Crippen LogP contribution in [-0.2, 0) is 0 Å².